The van der Waals surface area contributed by atoms with E-state index < -0.39 is 12.1 Å². The highest BCUT2D eigenvalue weighted by molar-refractivity contribution is 5.95. The molecule has 0 aliphatic carbocycles. The van der Waals surface area contributed by atoms with Crippen LogP contribution in [0.4, 0.5) is 0 Å². The summed E-state index contributed by atoms with van der Waals surface area (Å²) in [5, 5.41) is 16.5. The van der Waals surface area contributed by atoms with Gasteiger partial charge in [-0.05, 0) is 18.6 Å². The average Bonchev–Trinajstić information content (AvgIpc) is 3.16. The first-order chi connectivity index (χ1) is 14.3. The lowest BCUT2D eigenvalue weighted by Gasteiger charge is -2.23. The summed E-state index contributed by atoms with van der Waals surface area (Å²) in [6.45, 7) is 7.55. The Balaban J connectivity index is 1.89. The maximum atomic E-state index is 12.6. The Labute approximate surface area is 176 Å². The molecule has 1 aromatic carbocycles. The lowest BCUT2D eigenvalue weighted by molar-refractivity contribution is -0.139. The number of hydrogen-bond acceptors (Lipinski definition) is 6. The second kappa shape index (κ2) is 11.3. The summed E-state index contributed by atoms with van der Waals surface area (Å²) in [5.41, 5.74) is 2.08. The molecule has 162 valence electrons. The molecule has 0 unspecified atom stereocenters. The van der Waals surface area contributed by atoms with E-state index in [4.69, 9.17) is 4.84 Å². The molecule has 8 heteroatoms. The second-order valence-electron chi connectivity index (χ2n) is 7.16. The number of nitrogens with one attached hydrogen (secondary N) is 1. The molecular weight excluding hydrogens is 386 g/mol. The zero-order valence-corrected chi connectivity index (χ0v) is 17.5. The number of benzene rings is 1. The number of aliphatic hydroxyl groups is 1. The summed E-state index contributed by atoms with van der Waals surface area (Å²) in [4.78, 5) is 43.2. The van der Waals surface area contributed by atoms with Crippen molar-refractivity contribution in [1.29, 1.82) is 0 Å². The molecule has 1 fully saturated rings. The maximum Gasteiger partial charge on any atom is 0.243 e. The molecule has 0 bridgehead atoms. The molecule has 30 heavy (non-hydrogen) atoms. The maximum absolute atomic E-state index is 12.6. The van der Waals surface area contributed by atoms with Gasteiger partial charge in [0.25, 0.3) is 0 Å². The third kappa shape index (κ3) is 6.52. The fraction of sp³-hybridized carbons (Fsp3) is 0.455. The number of allylic oxidation sites excluding steroid dienone is 1. The van der Waals surface area contributed by atoms with Crippen molar-refractivity contribution < 1.29 is 24.3 Å². The number of carbonyl (C=O) groups is 3. The smallest absolute Gasteiger partial charge is 0.243 e. The number of likely N-dealkylation sites (tertiary alicyclic amines) is 1. The van der Waals surface area contributed by atoms with E-state index in [1.54, 1.807) is 38.1 Å². The number of nitrogens with zero attached hydrogens (tertiary/aromatic N) is 2. The Bertz CT molecular complexity index is 803. The van der Waals surface area contributed by atoms with Gasteiger partial charge in [0.2, 0.25) is 11.8 Å². The molecule has 2 amide bonds. The highest BCUT2D eigenvalue weighted by Crippen LogP contribution is 2.19. The number of ketones is 1. The molecule has 1 aliphatic heterocycles. The third-order valence-electron chi connectivity index (χ3n) is 4.88. The fourth-order valence-corrected chi connectivity index (χ4v) is 3.12. The van der Waals surface area contributed by atoms with Gasteiger partial charge in [-0.25, -0.2) is 0 Å². The van der Waals surface area contributed by atoms with E-state index in [-0.39, 0.29) is 50.1 Å². The summed E-state index contributed by atoms with van der Waals surface area (Å²) >= 11 is 0. The quantitative estimate of drug-likeness (QED) is 0.262. The van der Waals surface area contributed by atoms with Crippen LogP contribution in [0, 0.1) is 0 Å². The van der Waals surface area contributed by atoms with Crippen molar-refractivity contribution in [2.24, 2.45) is 5.16 Å². The molecular formula is C22H29N3O5. The molecule has 8 nitrogen and oxygen atoms in total. The van der Waals surface area contributed by atoms with Crippen LogP contribution in [0.1, 0.15) is 49.0 Å². The molecule has 2 N–H and O–H groups in total. The number of Topliss-reactive ketones (excluding diaryl/α,β-unsaturated/α-hetero) is 1. The van der Waals surface area contributed by atoms with E-state index >= 15 is 0 Å². The van der Waals surface area contributed by atoms with Gasteiger partial charge in [0.15, 0.2) is 5.78 Å². The van der Waals surface area contributed by atoms with Gasteiger partial charge in [0, 0.05) is 31.5 Å². The van der Waals surface area contributed by atoms with Crippen molar-refractivity contribution in [3.63, 3.8) is 0 Å². The molecule has 1 aliphatic rings. The van der Waals surface area contributed by atoms with E-state index in [1.165, 1.54) is 11.0 Å². The third-order valence-corrected chi connectivity index (χ3v) is 4.88. The number of amides is 2. The van der Waals surface area contributed by atoms with Crippen molar-refractivity contribution in [3.8, 4) is 0 Å². The predicted octanol–water partition coefficient (Wildman–Crippen LogP) is 1.83. The van der Waals surface area contributed by atoms with E-state index in [1.807, 2.05) is 0 Å². The van der Waals surface area contributed by atoms with Crippen LogP contribution in [0.2, 0.25) is 0 Å². The monoisotopic (exact) mass is 415 g/mol. The fourth-order valence-electron chi connectivity index (χ4n) is 3.12. The summed E-state index contributed by atoms with van der Waals surface area (Å²) in [5.74, 6) is -0.537. The summed E-state index contributed by atoms with van der Waals surface area (Å²) in [7, 11) is 0. The first-order valence-corrected chi connectivity index (χ1v) is 10.0. The predicted molar refractivity (Wildman–Crippen MR) is 113 cm³/mol. The van der Waals surface area contributed by atoms with Gasteiger partial charge in [-0.3, -0.25) is 14.4 Å². The van der Waals surface area contributed by atoms with E-state index in [9.17, 15) is 19.5 Å². The molecule has 2 rings (SSSR count). The number of hydrogen-bond donors (Lipinski definition) is 2. The average molecular weight is 415 g/mol. The van der Waals surface area contributed by atoms with Crippen LogP contribution < -0.4 is 5.32 Å². The Morgan fingerprint density at radius 2 is 2.03 bits per heavy atom. The van der Waals surface area contributed by atoms with Gasteiger partial charge in [-0.15, -0.1) is 0 Å². The highest BCUT2D eigenvalue weighted by atomic mass is 16.6. The zero-order valence-electron chi connectivity index (χ0n) is 17.5. The van der Waals surface area contributed by atoms with E-state index in [2.05, 4.69) is 17.1 Å². The van der Waals surface area contributed by atoms with Crippen molar-refractivity contribution >= 4 is 23.3 Å². The van der Waals surface area contributed by atoms with Crippen LogP contribution in [0.15, 0.2) is 42.1 Å². The van der Waals surface area contributed by atoms with Crippen LogP contribution >= 0.6 is 0 Å². The highest BCUT2D eigenvalue weighted by Gasteiger charge is 2.38. The standard InChI is InChI=1S/C22H29N3O5/c1-4-15(3)24-30-11-10-21(28)25-14-18(26)12-19(25)22(29)23-13-16-6-8-17(9-7-16)20(27)5-2/h4,6-9,18-19,26H,1,5,10-14H2,2-3H3,(H,23,29)/b24-15-/t18-,19+/m1/s1. The van der Waals surface area contributed by atoms with Gasteiger partial charge in [-0.2, -0.15) is 0 Å². The molecule has 0 spiro atoms. The molecule has 1 aromatic rings. The van der Waals surface area contributed by atoms with Crippen LogP contribution in [-0.4, -0.2) is 58.6 Å². The number of rotatable bonds is 10. The van der Waals surface area contributed by atoms with Gasteiger partial charge in [0.05, 0.1) is 18.2 Å². The first kappa shape index (κ1) is 23.3. The Morgan fingerprint density at radius 3 is 2.67 bits per heavy atom. The van der Waals surface area contributed by atoms with Gasteiger partial charge < -0.3 is 20.2 Å². The molecule has 0 saturated carbocycles. The van der Waals surface area contributed by atoms with Crippen molar-refractivity contribution in [2.45, 2.75) is 51.8 Å². The van der Waals surface area contributed by atoms with Crippen LogP contribution in [-0.2, 0) is 21.0 Å². The van der Waals surface area contributed by atoms with Crippen LogP contribution in [0.25, 0.3) is 0 Å². The zero-order chi connectivity index (χ0) is 22.1. The van der Waals surface area contributed by atoms with Crippen molar-refractivity contribution in [2.75, 3.05) is 13.2 Å². The molecule has 0 radical (unpaired) electrons. The lowest BCUT2D eigenvalue weighted by Crippen LogP contribution is -2.46. The van der Waals surface area contributed by atoms with Crippen molar-refractivity contribution in [1.82, 2.24) is 10.2 Å². The van der Waals surface area contributed by atoms with E-state index in [0.717, 1.165) is 5.56 Å². The Hall–Kier alpha value is -3.00. The first-order valence-electron chi connectivity index (χ1n) is 10.0. The Kier molecular flexibility index (Phi) is 8.73. The van der Waals surface area contributed by atoms with Crippen LogP contribution in [0.5, 0.6) is 0 Å². The number of aliphatic hydroxyl groups excluding tert-OH is 1. The number of β-amino-alcohol motifs (C(OH)–C–C–N with tert-alkyl or cyclic N) is 1. The number of oxime groups is 1. The van der Waals surface area contributed by atoms with Gasteiger partial charge in [-0.1, -0.05) is 42.9 Å². The Morgan fingerprint density at radius 1 is 1.33 bits per heavy atom. The second-order valence-corrected chi connectivity index (χ2v) is 7.16. The normalized spacial score (nSPS) is 18.8. The summed E-state index contributed by atoms with van der Waals surface area (Å²) in [6.07, 6.45) is 1.47. The minimum Gasteiger partial charge on any atom is -0.395 e. The largest absolute Gasteiger partial charge is 0.395 e. The lowest BCUT2D eigenvalue weighted by atomic mass is 10.1. The number of carbonyl (C=O) groups excluding carboxylic acids is 3. The SMILES string of the molecule is C=C/C(C)=N\OCCC(=O)N1C[C@H](O)C[C@H]1C(=O)NCc1ccc(C(=O)CC)cc1. The molecule has 1 saturated heterocycles. The van der Waals surface area contributed by atoms with Gasteiger partial charge in [0.1, 0.15) is 12.6 Å². The van der Waals surface area contributed by atoms with Crippen LogP contribution in [0.3, 0.4) is 0 Å². The molecule has 0 aromatic heterocycles. The summed E-state index contributed by atoms with van der Waals surface area (Å²) < 4.78 is 0. The molecule has 2 atom stereocenters. The van der Waals surface area contributed by atoms with E-state index in [0.29, 0.717) is 17.7 Å². The molecule has 1 heterocycles. The summed E-state index contributed by atoms with van der Waals surface area (Å²) in [6, 6.07) is 6.32. The minimum absolute atomic E-state index is 0.0529. The minimum atomic E-state index is -0.744. The topological polar surface area (TPSA) is 108 Å². The van der Waals surface area contributed by atoms with Crippen molar-refractivity contribution in [3.05, 3.63) is 48.0 Å². The van der Waals surface area contributed by atoms with Gasteiger partial charge >= 0.3 is 0 Å².